The molecule has 10 heteroatoms. The van der Waals surface area contributed by atoms with Crippen LogP contribution in [-0.4, -0.2) is 43.1 Å². The van der Waals surface area contributed by atoms with Crippen LogP contribution in [0.4, 0.5) is 5.69 Å². The van der Waals surface area contributed by atoms with E-state index >= 15 is 0 Å². The van der Waals surface area contributed by atoms with Gasteiger partial charge < -0.3 is 18.9 Å². The van der Waals surface area contributed by atoms with Gasteiger partial charge >= 0.3 is 0 Å². The number of hydrazone groups is 1. The summed E-state index contributed by atoms with van der Waals surface area (Å²) in [7, 11) is 4.44. The summed E-state index contributed by atoms with van der Waals surface area (Å²) < 4.78 is 21.9. The summed E-state index contributed by atoms with van der Waals surface area (Å²) in [5.74, 6) is 0.883. The molecule has 152 valence electrons. The van der Waals surface area contributed by atoms with Crippen molar-refractivity contribution in [3.8, 4) is 17.2 Å². The molecule has 10 nitrogen and oxygen atoms in total. The molecular formula is C19H19N3O7. The number of carbonyl (C=O) groups is 1. The Kier molecular flexibility index (Phi) is 5.53. The highest BCUT2D eigenvalue weighted by atomic mass is 16.6. The zero-order valence-corrected chi connectivity index (χ0v) is 16.2. The Labute approximate surface area is 166 Å². The minimum absolute atomic E-state index is 0.0858. The number of rotatable bonds is 6. The number of nitro benzene ring substituents is 1. The number of nitro groups is 1. The number of non-ortho nitro benzene ring substituents is 1. The van der Waals surface area contributed by atoms with Gasteiger partial charge in [-0.3, -0.25) is 14.9 Å². The van der Waals surface area contributed by atoms with E-state index in [0.29, 0.717) is 28.4 Å². The van der Waals surface area contributed by atoms with Gasteiger partial charge in [-0.2, -0.15) is 5.01 Å². The van der Waals surface area contributed by atoms with Crippen molar-refractivity contribution in [3.63, 3.8) is 0 Å². The molecule has 0 saturated heterocycles. The van der Waals surface area contributed by atoms with Crippen molar-refractivity contribution in [2.45, 2.75) is 13.2 Å². The number of benzene rings is 2. The molecule has 0 spiro atoms. The number of hydrogen-bond donors (Lipinski definition) is 0. The number of ether oxygens (including phenoxy) is 4. The molecule has 1 amide bonds. The van der Waals surface area contributed by atoms with Crippen LogP contribution >= 0.6 is 0 Å². The Morgan fingerprint density at radius 3 is 2.31 bits per heavy atom. The second-order valence-corrected chi connectivity index (χ2v) is 6.01. The molecule has 0 fully saturated rings. The van der Waals surface area contributed by atoms with Gasteiger partial charge in [-0.25, -0.2) is 0 Å². The number of carbonyl (C=O) groups excluding carboxylic acids is 1. The highest BCUT2D eigenvalue weighted by molar-refractivity contribution is 5.96. The average Bonchev–Trinajstić information content (AvgIpc) is 3.18. The third-order valence-corrected chi connectivity index (χ3v) is 4.24. The molecule has 0 aliphatic carbocycles. The number of nitrogens with zero attached hydrogens (tertiary/aromatic N) is 3. The van der Waals surface area contributed by atoms with Gasteiger partial charge in [0.05, 0.1) is 26.3 Å². The molecule has 29 heavy (non-hydrogen) atoms. The molecule has 0 N–H and O–H groups in total. The van der Waals surface area contributed by atoms with Crippen molar-refractivity contribution >= 4 is 17.5 Å². The first-order chi connectivity index (χ1) is 13.9. The third kappa shape index (κ3) is 3.77. The maximum Gasteiger partial charge on any atom is 0.270 e. The summed E-state index contributed by atoms with van der Waals surface area (Å²) in [6.07, 6.45) is -0.907. The van der Waals surface area contributed by atoms with Crippen LogP contribution in [0.15, 0.2) is 41.5 Å². The van der Waals surface area contributed by atoms with Crippen molar-refractivity contribution in [2.75, 3.05) is 21.3 Å². The fraction of sp³-hybridized carbons (Fsp3) is 0.263. The zero-order chi connectivity index (χ0) is 21.1. The van der Waals surface area contributed by atoms with Gasteiger partial charge in [-0.1, -0.05) is 6.07 Å². The first-order valence-electron chi connectivity index (χ1n) is 8.49. The lowest BCUT2D eigenvalue weighted by atomic mass is 10.1. The molecule has 1 aliphatic rings. The van der Waals surface area contributed by atoms with Crippen LogP contribution in [0.2, 0.25) is 0 Å². The molecule has 0 unspecified atom stereocenters. The first-order valence-corrected chi connectivity index (χ1v) is 8.49. The van der Waals surface area contributed by atoms with E-state index in [9.17, 15) is 14.9 Å². The molecular weight excluding hydrogens is 382 g/mol. The van der Waals surface area contributed by atoms with Crippen LogP contribution < -0.4 is 14.2 Å². The Morgan fingerprint density at radius 2 is 1.79 bits per heavy atom. The van der Waals surface area contributed by atoms with Crippen LogP contribution in [0.3, 0.4) is 0 Å². The Hall–Kier alpha value is -3.82. The molecule has 0 radical (unpaired) electrons. The van der Waals surface area contributed by atoms with Crippen molar-refractivity contribution in [3.05, 3.63) is 57.6 Å². The first kappa shape index (κ1) is 19.9. The zero-order valence-electron chi connectivity index (χ0n) is 16.2. The molecule has 3 rings (SSSR count). The maximum atomic E-state index is 12.2. The van der Waals surface area contributed by atoms with Crippen molar-refractivity contribution in [1.82, 2.24) is 5.01 Å². The lowest BCUT2D eigenvalue weighted by molar-refractivity contribution is -0.384. The fourth-order valence-electron chi connectivity index (χ4n) is 2.90. The minimum atomic E-state index is -0.907. The van der Waals surface area contributed by atoms with Crippen molar-refractivity contribution in [2.24, 2.45) is 5.10 Å². The van der Waals surface area contributed by atoms with E-state index < -0.39 is 11.2 Å². The quantitative estimate of drug-likeness (QED) is 0.540. The third-order valence-electron chi connectivity index (χ3n) is 4.24. The molecule has 1 heterocycles. The molecule has 0 saturated carbocycles. The smallest absolute Gasteiger partial charge is 0.270 e. The van der Waals surface area contributed by atoms with E-state index in [2.05, 4.69) is 5.10 Å². The molecule has 0 bridgehead atoms. The van der Waals surface area contributed by atoms with Crippen molar-refractivity contribution < 1.29 is 28.7 Å². The van der Waals surface area contributed by atoms with Gasteiger partial charge in [0, 0.05) is 30.2 Å². The molecule has 0 aromatic heterocycles. The largest absolute Gasteiger partial charge is 0.493 e. The molecule has 1 aliphatic heterocycles. The van der Waals surface area contributed by atoms with Gasteiger partial charge in [0.1, 0.15) is 0 Å². The van der Waals surface area contributed by atoms with E-state index in [1.54, 1.807) is 18.2 Å². The fourth-order valence-corrected chi connectivity index (χ4v) is 2.90. The van der Waals surface area contributed by atoms with Crippen LogP contribution in [-0.2, 0) is 9.53 Å². The highest BCUT2D eigenvalue weighted by Crippen LogP contribution is 2.42. The average molecular weight is 401 g/mol. The van der Waals surface area contributed by atoms with Crippen LogP contribution in [0.1, 0.15) is 24.3 Å². The second kappa shape index (κ2) is 8.05. The number of amides is 1. The molecule has 2 aromatic rings. The second-order valence-electron chi connectivity index (χ2n) is 6.01. The molecule has 2 aromatic carbocycles. The number of hydrogen-bond acceptors (Lipinski definition) is 8. The SMILES string of the molecule is COc1cc([C@@H]2OC(c3cccc([N+](=O)[O-])c3)=NN2C(C)=O)cc(OC)c1OC. The number of methoxy groups -OCH3 is 3. The Bertz CT molecular complexity index is 965. The van der Waals surface area contributed by atoms with E-state index in [0.717, 1.165) is 5.01 Å². The van der Waals surface area contributed by atoms with Gasteiger partial charge in [-0.15, -0.1) is 5.10 Å². The predicted molar refractivity (Wildman–Crippen MR) is 102 cm³/mol. The summed E-state index contributed by atoms with van der Waals surface area (Å²) in [6.45, 7) is 1.34. The summed E-state index contributed by atoms with van der Waals surface area (Å²) in [6, 6.07) is 9.11. The normalized spacial score (nSPS) is 15.4. The van der Waals surface area contributed by atoms with Crippen LogP contribution in [0, 0.1) is 10.1 Å². The van der Waals surface area contributed by atoms with E-state index in [4.69, 9.17) is 18.9 Å². The maximum absolute atomic E-state index is 12.2. The van der Waals surface area contributed by atoms with E-state index in [1.807, 2.05) is 0 Å². The predicted octanol–water partition coefficient (Wildman–Crippen LogP) is 2.86. The summed E-state index contributed by atoms with van der Waals surface area (Å²) in [5.41, 5.74) is 0.790. The van der Waals surface area contributed by atoms with Gasteiger partial charge in [0.25, 0.3) is 5.69 Å². The van der Waals surface area contributed by atoms with Gasteiger partial charge in [0.2, 0.25) is 23.8 Å². The van der Waals surface area contributed by atoms with Crippen molar-refractivity contribution in [1.29, 1.82) is 0 Å². The van der Waals surface area contributed by atoms with Crippen LogP contribution in [0.5, 0.6) is 17.2 Å². The van der Waals surface area contributed by atoms with E-state index in [-0.39, 0.29) is 17.5 Å². The Balaban J connectivity index is 2.03. The lowest BCUT2D eigenvalue weighted by Gasteiger charge is -2.21. The molecule has 1 atom stereocenters. The summed E-state index contributed by atoms with van der Waals surface area (Å²) in [5, 5.41) is 16.4. The standard InChI is InChI=1S/C19H19N3O7/c1-11(23)21-19(13-9-15(26-2)17(28-4)16(10-13)27-3)29-18(20-21)12-6-5-7-14(8-12)22(24)25/h5-10,19H,1-4H3/t19-/m0/s1. The summed E-state index contributed by atoms with van der Waals surface area (Å²) >= 11 is 0. The van der Waals surface area contributed by atoms with Gasteiger partial charge in [0.15, 0.2) is 11.5 Å². The minimum Gasteiger partial charge on any atom is -0.493 e. The Morgan fingerprint density at radius 1 is 1.14 bits per heavy atom. The summed E-state index contributed by atoms with van der Waals surface area (Å²) in [4.78, 5) is 22.7. The van der Waals surface area contributed by atoms with E-state index in [1.165, 1.54) is 46.5 Å². The monoisotopic (exact) mass is 401 g/mol. The van der Waals surface area contributed by atoms with Crippen LogP contribution in [0.25, 0.3) is 0 Å². The topological polar surface area (TPSA) is 113 Å². The lowest BCUT2D eigenvalue weighted by Crippen LogP contribution is -2.25. The highest BCUT2D eigenvalue weighted by Gasteiger charge is 2.35. The van der Waals surface area contributed by atoms with Gasteiger partial charge in [-0.05, 0) is 18.2 Å².